The van der Waals surface area contributed by atoms with Gasteiger partial charge in [-0.3, -0.25) is 10.1 Å². The first-order valence-electron chi connectivity index (χ1n) is 9.09. The number of ether oxygens (including phenoxy) is 2. The summed E-state index contributed by atoms with van der Waals surface area (Å²) in [7, 11) is 0. The number of aromatic nitrogens is 2. The molecular weight excluding hydrogens is 445 g/mol. The lowest BCUT2D eigenvalue weighted by atomic mass is 10.1. The Morgan fingerprint density at radius 1 is 1.23 bits per heavy atom. The summed E-state index contributed by atoms with van der Waals surface area (Å²) in [5.74, 6) is 0.422. The van der Waals surface area contributed by atoms with Gasteiger partial charge < -0.3 is 14.0 Å². The fourth-order valence-corrected chi connectivity index (χ4v) is 4.18. The molecule has 0 saturated heterocycles. The van der Waals surface area contributed by atoms with Crippen molar-refractivity contribution in [2.75, 3.05) is 12.1 Å². The van der Waals surface area contributed by atoms with Gasteiger partial charge in [-0.05, 0) is 37.3 Å². The first-order chi connectivity index (χ1) is 15.0. The van der Waals surface area contributed by atoms with Gasteiger partial charge in [-0.1, -0.05) is 22.8 Å². The number of hydrogen-bond acceptors (Lipinski definition) is 7. The van der Waals surface area contributed by atoms with Crippen molar-refractivity contribution in [2.45, 2.75) is 6.92 Å². The molecule has 0 aliphatic carbocycles. The average Bonchev–Trinajstić information content (AvgIpc) is 3.47. The summed E-state index contributed by atoms with van der Waals surface area (Å²) in [6, 6.07) is 9.72. The first-order valence-corrected chi connectivity index (χ1v) is 10.3. The Hall–Kier alpha value is -3.43. The summed E-state index contributed by atoms with van der Waals surface area (Å²) in [5, 5.41) is 8.88. The highest BCUT2D eigenvalue weighted by molar-refractivity contribution is 7.14. The number of hydrogen-bond donors (Lipinski definition) is 1. The van der Waals surface area contributed by atoms with Crippen molar-refractivity contribution >= 4 is 34.0 Å². The van der Waals surface area contributed by atoms with Crippen LogP contribution in [-0.4, -0.2) is 22.8 Å². The molecule has 0 unspecified atom stereocenters. The van der Waals surface area contributed by atoms with Crippen LogP contribution >= 0.6 is 22.9 Å². The zero-order chi connectivity index (χ0) is 21.5. The predicted octanol–water partition coefficient (Wildman–Crippen LogP) is 5.55. The lowest BCUT2D eigenvalue weighted by molar-refractivity contribution is 0.102. The summed E-state index contributed by atoms with van der Waals surface area (Å²) >= 11 is 7.39. The molecule has 0 saturated carbocycles. The van der Waals surface area contributed by atoms with Crippen LogP contribution in [0, 0.1) is 12.7 Å². The van der Waals surface area contributed by atoms with Crippen molar-refractivity contribution < 1.29 is 23.2 Å². The van der Waals surface area contributed by atoms with Crippen LogP contribution in [0.3, 0.4) is 0 Å². The Balaban J connectivity index is 1.43. The van der Waals surface area contributed by atoms with E-state index in [1.807, 2.05) is 17.5 Å². The monoisotopic (exact) mass is 457 g/mol. The van der Waals surface area contributed by atoms with Crippen LogP contribution in [0.1, 0.15) is 16.1 Å². The molecule has 10 heteroatoms. The van der Waals surface area contributed by atoms with E-state index >= 15 is 0 Å². The number of benzene rings is 2. The Morgan fingerprint density at radius 3 is 2.90 bits per heavy atom. The highest BCUT2D eigenvalue weighted by Gasteiger charge is 2.26. The van der Waals surface area contributed by atoms with Gasteiger partial charge in [-0.25, -0.2) is 9.37 Å². The van der Waals surface area contributed by atoms with Gasteiger partial charge >= 0.3 is 0 Å². The minimum absolute atomic E-state index is 0.00588. The summed E-state index contributed by atoms with van der Waals surface area (Å²) in [6.07, 6.45) is 0. The van der Waals surface area contributed by atoms with Gasteiger partial charge in [0.25, 0.3) is 5.91 Å². The summed E-state index contributed by atoms with van der Waals surface area (Å²) in [6.45, 7) is 1.75. The van der Waals surface area contributed by atoms with Crippen molar-refractivity contribution in [1.29, 1.82) is 0 Å². The molecule has 0 radical (unpaired) electrons. The van der Waals surface area contributed by atoms with E-state index in [9.17, 15) is 9.18 Å². The number of amides is 1. The molecule has 3 heterocycles. The van der Waals surface area contributed by atoms with E-state index < -0.39 is 11.7 Å². The maximum absolute atomic E-state index is 14.4. The molecule has 1 N–H and O–H groups in total. The van der Waals surface area contributed by atoms with E-state index in [-0.39, 0.29) is 34.4 Å². The molecule has 0 spiro atoms. The first kappa shape index (κ1) is 19.5. The number of nitrogens with one attached hydrogen (secondary N) is 1. The number of carbonyl (C=O) groups excluding carboxylic acids is 1. The third-order valence-electron chi connectivity index (χ3n) is 4.68. The molecule has 7 nitrogen and oxygen atoms in total. The molecule has 156 valence electrons. The number of rotatable bonds is 4. The smallest absolute Gasteiger partial charge is 0.263 e. The maximum Gasteiger partial charge on any atom is 0.263 e. The van der Waals surface area contributed by atoms with Crippen LogP contribution in [-0.2, 0) is 0 Å². The predicted molar refractivity (Wildman–Crippen MR) is 113 cm³/mol. The Morgan fingerprint density at radius 2 is 2.06 bits per heavy atom. The third-order valence-corrected chi connectivity index (χ3v) is 5.76. The molecule has 31 heavy (non-hydrogen) atoms. The van der Waals surface area contributed by atoms with Gasteiger partial charge in [-0.2, -0.15) is 0 Å². The van der Waals surface area contributed by atoms with Gasteiger partial charge in [0, 0.05) is 10.9 Å². The lowest BCUT2D eigenvalue weighted by Gasteiger charge is -2.06. The molecule has 0 bridgehead atoms. The van der Waals surface area contributed by atoms with Crippen molar-refractivity contribution in [1.82, 2.24) is 10.1 Å². The Bertz CT molecular complexity index is 1300. The van der Waals surface area contributed by atoms with E-state index in [0.29, 0.717) is 22.3 Å². The van der Waals surface area contributed by atoms with Crippen molar-refractivity contribution in [3.8, 4) is 34.0 Å². The molecule has 0 atom stereocenters. The number of halogens is 2. The molecule has 2 aromatic heterocycles. The number of anilines is 1. The van der Waals surface area contributed by atoms with Crippen molar-refractivity contribution in [3.05, 3.63) is 63.9 Å². The minimum Gasteiger partial charge on any atom is -0.454 e. The van der Waals surface area contributed by atoms with Gasteiger partial charge in [0.1, 0.15) is 22.8 Å². The van der Waals surface area contributed by atoms with E-state index in [0.717, 1.165) is 5.56 Å². The number of aryl methyl sites for hydroxylation is 1. The molecular formula is C21H13ClFN3O4S. The van der Waals surface area contributed by atoms with Gasteiger partial charge in [0.2, 0.25) is 6.79 Å². The van der Waals surface area contributed by atoms with Gasteiger partial charge in [-0.15, -0.1) is 11.3 Å². The zero-order valence-corrected chi connectivity index (χ0v) is 17.5. The molecule has 4 aromatic rings. The second-order valence-electron chi connectivity index (χ2n) is 6.62. The summed E-state index contributed by atoms with van der Waals surface area (Å²) < 4.78 is 30.2. The highest BCUT2D eigenvalue weighted by Crippen LogP contribution is 2.37. The fourth-order valence-electron chi connectivity index (χ4n) is 3.21. The number of carbonyl (C=O) groups is 1. The van der Waals surface area contributed by atoms with E-state index in [4.69, 9.17) is 25.6 Å². The van der Waals surface area contributed by atoms with Crippen LogP contribution in [0.5, 0.6) is 11.5 Å². The minimum atomic E-state index is -0.603. The largest absolute Gasteiger partial charge is 0.454 e. The normalized spacial score (nSPS) is 12.2. The summed E-state index contributed by atoms with van der Waals surface area (Å²) in [5.41, 5.74) is 1.61. The number of fused-ring (bicyclic) bond motifs is 1. The van der Waals surface area contributed by atoms with Crippen LogP contribution in [0.25, 0.3) is 22.5 Å². The van der Waals surface area contributed by atoms with Crippen LogP contribution in [0.15, 0.2) is 46.3 Å². The molecule has 2 aromatic carbocycles. The lowest BCUT2D eigenvalue weighted by Crippen LogP contribution is -2.13. The topological polar surface area (TPSA) is 86.5 Å². The second kappa shape index (κ2) is 7.68. The van der Waals surface area contributed by atoms with E-state index in [1.54, 1.807) is 13.0 Å². The van der Waals surface area contributed by atoms with Crippen molar-refractivity contribution in [2.24, 2.45) is 0 Å². The second-order valence-corrected chi connectivity index (χ2v) is 7.88. The maximum atomic E-state index is 14.4. The quantitative estimate of drug-likeness (QED) is 0.432. The van der Waals surface area contributed by atoms with Gasteiger partial charge in [0.05, 0.1) is 16.3 Å². The number of thiazole rings is 1. The van der Waals surface area contributed by atoms with E-state index in [1.165, 1.54) is 29.5 Å². The van der Waals surface area contributed by atoms with Gasteiger partial charge in [0.15, 0.2) is 16.6 Å². The average molecular weight is 458 g/mol. The molecule has 0 fully saturated rings. The SMILES string of the molecule is Cc1onc(-c2c(F)cccc2Cl)c1C(=O)Nc1nc(-c2ccc3c(c2)OCO3)cs1. The highest BCUT2D eigenvalue weighted by atomic mass is 35.5. The zero-order valence-electron chi connectivity index (χ0n) is 15.9. The van der Waals surface area contributed by atoms with E-state index in [2.05, 4.69) is 15.5 Å². The number of nitrogens with zero attached hydrogens (tertiary/aromatic N) is 2. The molecule has 1 amide bonds. The molecule has 5 rings (SSSR count). The van der Waals surface area contributed by atoms with Crippen LogP contribution in [0.2, 0.25) is 5.02 Å². The third kappa shape index (κ3) is 3.51. The van der Waals surface area contributed by atoms with Crippen LogP contribution < -0.4 is 14.8 Å². The molecule has 1 aliphatic rings. The Kier molecular flexibility index (Phi) is 4.84. The Labute approximate surface area is 184 Å². The fraction of sp³-hybridized carbons (Fsp3) is 0.0952. The van der Waals surface area contributed by atoms with Crippen LogP contribution in [0.4, 0.5) is 9.52 Å². The summed E-state index contributed by atoms with van der Waals surface area (Å²) in [4.78, 5) is 17.4. The standard InChI is InChI=1S/C21H13ClFN3O4S/c1-10-17(19(26-30-10)18-12(22)3-2-4-13(18)23)20(27)25-21-24-14(8-31-21)11-5-6-15-16(7-11)29-9-28-15/h2-8H,9H2,1H3,(H,24,25,27). The van der Waals surface area contributed by atoms with Crippen molar-refractivity contribution in [3.63, 3.8) is 0 Å². The molecule has 1 aliphatic heterocycles.